The average molecular weight is 367 g/mol. The van der Waals surface area contributed by atoms with Crippen molar-refractivity contribution in [3.05, 3.63) is 28.7 Å². The standard InChI is InChI=1S/C16H17NO5S2/c18-11-6-5-10(12(19)9-11)8-13-15(22)17(16(23)24-13)7-3-1-2-4-14(20)21/h5-6,8-9,18-19H,1-4,7H2,(H,20,21)/b13-8-. The van der Waals surface area contributed by atoms with Crippen LogP contribution in [0.25, 0.3) is 6.08 Å². The quantitative estimate of drug-likeness (QED) is 0.387. The van der Waals surface area contributed by atoms with Gasteiger partial charge in [0.1, 0.15) is 15.8 Å². The number of amides is 1. The Morgan fingerprint density at radius 1 is 1.25 bits per heavy atom. The summed E-state index contributed by atoms with van der Waals surface area (Å²) >= 11 is 6.37. The van der Waals surface area contributed by atoms with Gasteiger partial charge in [-0.15, -0.1) is 0 Å². The highest BCUT2D eigenvalue weighted by Gasteiger charge is 2.31. The normalized spacial score (nSPS) is 16.2. The zero-order chi connectivity index (χ0) is 17.7. The van der Waals surface area contributed by atoms with Crippen LogP contribution in [0, 0.1) is 0 Å². The third-order valence-corrected chi connectivity index (χ3v) is 4.82. The van der Waals surface area contributed by atoms with Crippen molar-refractivity contribution in [2.24, 2.45) is 0 Å². The van der Waals surface area contributed by atoms with Gasteiger partial charge in [-0.1, -0.05) is 30.4 Å². The Labute approximate surface area is 148 Å². The van der Waals surface area contributed by atoms with Gasteiger partial charge in [0.15, 0.2) is 0 Å². The van der Waals surface area contributed by atoms with Crippen LogP contribution in [0.2, 0.25) is 0 Å². The van der Waals surface area contributed by atoms with E-state index in [1.807, 2.05) is 0 Å². The van der Waals surface area contributed by atoms with E-state index in [1.54, 1.807) is 6.08 Å². The van der Waals surface area contributed by atoms with Gasteiger partial charge in [0.05, 0.1) is 4.91 Å². The molecule has 0 radical (unpaired) electrons. The highest BCUT2D eigenvalue weighted by molar-refractivity contribution is 8.26. The number of hydrogen-bond donors (Lipinski definition) is 3. The monoisotopic (exact) mass is 367 g/mol. The van der Waals surface area contributed by atoms with E-state index in [4.69, 9.17) is 17.3 Å². The summed E-state index contributed by atoms with van der Waals surface area (Å²) in [5, 5.41) is 27.7. The van der Waals surface area contributed by atoms with Crippen LogP contribution >= 0.6 is 24.0 Å². The van der Waals surface area contributed by atoms with Gasteiger partial charge in [-0.2, -0.15) is 0 Å². The van der Waals surface area contributed by atoms with E-state index in [-0.39, 0.29) is 23.8 Å². The van der Waals surface area contributed by atoms with E-state index in [1.165, 1.54) is 23.1 Å². The number of nitrogens with zero attached hydrogens (tertiary/aromatic N) is 1. The summed E-state index contributed by atoms with van der Waals surface area (Å²) < 4.78 is 0.447. The molecule has 0 spiro atoms. The lowest BCUT2D eigenvalue weighted by atomic mass is 10.1. The molecule has 0 saturated carbocycles. The van der Waals surface area contributed by atoms with E-state index >= 15 is 0 Å². The van der Waals surface area contributed by atoms with Crippen LogP contribution in [-0.2, 0) is 9.59 Å². The van der Waals surface area contributed by atoms with Crippen LogP contribution in [0.15, 0.2) is 23.1 Å². The van der Waals surface area contributed by atoms with Crippen molar-refractivity contribution in [3.63, 3.8) is 0 Å². The molecule has 0 unspecified atom stereocenters. The summed E-state index contributed by atoms with van der Waals surface area (Å²) in [5.41, 5.74) is 0.426. The molecular weight excluding hydrogens is 350 g/mol. The molecule has 1 aromatic rings. The van der Waals surface area contributed by atoms with Crippen molar-refractivity contribution < 1.29 is 24.9 Å². The Balaban J connectivity index is 1.98. The maximum absolute atomic E-state index is 12.4. The largest absolute Gasteiger partial charge is 0.508 e. The molecule has 1 heterocycles. The van der Waals surface area contributed by atoms with Crippen molar-refractivity contribution >= 4 is 46.3 Å². The Morgan fingerprint density at radius 3 is 2.67 bits per heavy atom. The van der Waals surface area contributed by atoms with Crippen LogP contribution in [-0.4, -0.2) is 43.0 Å². The van der Waals surface area contributed by atoms with Crippen molar-refractivity contribution in [1.82, 2.24) is 4.90 Å². The van der Waals surface area contributed by atoms with E-state index in [0.717, 1.165) is 11.8 Å². The number of phenolic OH excluding ortho intramolecular Hbond substituents is 2. The van der Waals surface area contributed by atoms with Gasteiger partial charge in [0, 0.05) is 24.6 Å². The second-order valence-electron chi connectivity index (χ2n) is 5.28. The van der Waals surface area contributed by atoms with Crippen LogP contribution in [0.5, 0.6) is 11.5 Å². The maximum Gasteiger partial charge on any atom is 0.303 e. The highest BCUT2D eigenvalue weighted by atomic mass is 32.2. The first-order chi connectivity index (χ1) is 11.4. The zero-order valence-electron chi connectivity index (χ0n) is 12.8. The molecule has 0 bridgehead atoms. The van der Waals surface area contributed by atoms with Crippen molar-refractivity contribution in [1.29, 1.82) is 0 Å². The van der Waals surface area contributed by atoms with E-state index in [0.29, 0.717) is 40.6 Å². The molecule has 1 aliphatic rings. The number of aromatic hydroxyl groups is 2. The minimum absolute atomic E-state index is 0.0569. The molecule has 8 heteroatoms. The average Bonchev–Trinajstić information content (AvgIpc) is 2.76. The first-order valence-corrected chi connectivity index (χ1v) is 8.60. The minimum Gasteiger partial charge on any atom is -0.508 e. The predicted octanol–water partition coefficient (Wildman–Crippen LogP) is 2.94. The Bertz CT molecular complexity index is 702. The fourth-order valence-corrected chi connectivity index (χ4v) is 3.51. The third kappa shape index (κ3) is 4.72. The van der Waals surface area contributed by atoms with E-state index in [2.05, 4.69) is 0 Å². The van der Waals surface area contributed by atoms with Gasteiger partial charge >= 0.3 is 5.97 Å². The Kier molecular flexibility index (Phi) is 6.22. The summed E-state index contributed by atoms with van der Waals surface area (Å²) in [5.74, 6) is -1.22. The number of hydrogen-bond acceptors (Lipinski definition) is 6. The lowest BCUT2D eigenvalue weighted by Crippen LogP contribution is -2.29. The molecule has 6 nitrogen and oxygen atoms in total. The van der Waals surface area contributed by atoms with Gasteiger partial charge in [0.25, 0.3) is 5.91 Å². The van der Waals surface area contributed by atoms with Crippen LogP contribution in [0.4, 0.5) is 0 Å². The van der Waals surface area contributed by atoms with Gasteiger partial charge in [-0.25, -0.2) is 0 Å². The summed E-state index contributed by atoms with van der Waals surface area (Å²) in [6.07, 6.45) is 3.62. The molecule has 1 aliphatic heterocycles. The number of benzene rings is 1. The number of carbonyl (C=O) groups is 2. The van der Waals surface area contributed by atoms with Crippen molar-refractivity contribution in [2.75, 3.05) is 6.54 Å². The molecular formula is C16H17NO5S2. The van der Waals surface area contributed by atoms with E-state index < -0.39 is 5.97 Å². The number of carboxylic acid groups (broad SMARTS) is 1. The lowest BCUT2D eigenvalue weighted by molar-refractivity contribution is -0.137. The molecule has 24 heavy (non-hydrogen) atoms. The molecule has 1 fully saturated rings. The van der Waals surface area contributed by atoms with Crippen LogP contribution in [0.3, 0.4) is 0 Å². The summed E-state index contributed by atoms with van der Waals surface area (Å²) in [7, 11) is 0. The predicted molar refractivity (Wildman–Crippen MR) is 95.8 cm³/mol. The van der Waals surface area contributed by atoms with Crippen LogP contribution in [0.1, 0.15) is 31.2 Å². The van der Waals surface area contributed by atoms with Crippen molar-refractivity contribution in [2.45, 2.75) is 25.7 Å². The number of unbranched alkanes of at least 4 members (excludes halogenated alkanes) is 2. The highest BCUT2D eigenvalue weighted by Crippen LogP contribution is 2.34. The second-order valence-corrected chi connectivity index (χ2v) is 6.96. The lowest BCUT2D eigenvalue weighted by Gasteiger charge is -2.13. The first kappa shape index (κ1) is 18.3. The van der Waals surface area contributed by atoms with Gasteiger partial charge < -0.3 is 15.3 Å². The first-order valence-electron chi connectivity index (χ1n) is 7.37. The number of carbonyl (C=O) groups excluding carboxylic acids is 1. The Morgan fingerprint density at radius 2 is 2.00 bits per heavy atom. The maximum atomic E-state index is 12.4. The minimum atomic E-state index is -0.822. The molecule has 1 amide bonds. The number of phenols is 2. The van der Waals surface area contributed by atoms with Crippen LogP contribution < -0.4 is 0 Å². The molecule has 0 atom stereocenters. The van der Waals surface area contributed by atoms with E-state index in [9.17, 15) is 19.8 Å². The topological polar surface area (TPSA) is 98.1 Å². The van der Waals surface area contributed by atoms with Crippen molar-refractivity contribution in [3.8, 4) is 11.5 Å². The fourth-order valence-electron chi connectivity index (χ4n) is 2.21. The number of thioether (sulfide) groups is 1. The Hall–Kier alpha value is -2.06. The number of carboxylic acids is 1. The molecule has 0 aromatic heterocycles. The number of thiocarbonyl (C=S) groups is 1. The molecule has 3 N–H and O–H groups in total. The summed E-state index contributed by atoms with van der Waals surface area (Å²) in [4.78, 5) is 24.7. The molecule has 2 rings (SSSR count). The second kappa shape index (κ2) is 8.16. The fraction of sp³-hybridized carbons (Fsp3) is 0.312. The number of aliphatic carboxylic acids is 1. The van der Waals surface area contributed by atoms with Gasteiger partial charge in [0.2, 0.25) is 0 Å². The SMILES string of the molecule is O=C(O)CCCCCN1C(=O)/C(=C/c2ccc(O)cc2O)SC1=S. The molecule has 128 valence electrons. The summed E-state index contributed by atoms with van der Waals surface area (Å²) in [6.45, 7) is 0.448. The molecule has 1 saturated heterocycles. The third-order valence-electron chi connectivity index (χ3n) is 3.45. The smallest absolute Gasteiger partial charge is 0.303 e. The van der Waals surface area contributed by atoms with Gasteiger partial charge in [-0.3, -0.25) is 14.5 Å². The van der Waals surface area contributed by atoms with Gasteiger partial charge in [-0.05, 0) is 31.1 Å². The molecule has 0 aliphatic carbocycles. The zero-order valence-corrected chi connectivity index (χ0v) is 14.4. The summed E-state index contributed by atoms with van der Waals surface area (Å²) in [6, 6.07) is 4.15. The number of rotatable bonds is 7. The molecule has 1 aromatic carbocycles.